The fourth-order valence-electron chi connectivity index (χ4n) is 7.82. The van der Waals surface area contributed by atoms with Crippen LogP contribution in [0, 0.1) is 0 Å². The summed E-state index contributed by atoms with van der Waals surface area (Å²) in [7, 11) is 0. The highest BCUT2D eigenvalue weighted by molar-refractivity contribution is 7.25. The molecule has 9 aromatic carbocycles. The summed E-state index contributed by atoms with van der Waals surface area (Å²) < 4.78 is 2.62. The van der Waals surface area contributed by atoms with Crippen molar-refractivity contribution >= 4 is 48.6 Å². The molecule has 0 bridgehead atoms. The molecule has 0 aliphatic heterocycles. The van der Waals surface area contributed by atoms with Crippen molar-refractivity contribution in [3.05, 3.63) is 224 Å². The Balaban J connectivity index is 1.02. The number of hydrogen-bond acceptors (Lipinski definition) is 2. The van der Waals surface area contributed by atoms with Crippen LogP contribution in [-0.4, -0.2) is 0 Å². The third-order valence-corrected chi connectivity index (χ3v) is 11.9. The second-order valence-corrected chi connectivity index (χ2v) is 15.2. The molecule has 0 aliphatic rings. The molecular formula is C54H37NS. The van der Waals surface area contributed by atoms with Crippen LogP contribution in [0.2, 0.25) is 0 Å². The lowest BCUT2D eigenvalue weighted by atomic mass is 9.91. The van der Waals surface area contributed by atoms with Gasteiger partial charge in [0.1, 0.15) is 0 Å². The Bertz CT molecular complexity index is 2900. The number of hydrogen-bond donors (Lipinski definition) is 0. The predicted octanol–water partition coefficient (Wildman–Crippen LogP) is 15.9. The van der Waals surface area contributed by atoms with Crippen LogP contribution in [0.1, 0.15) is 0 Å². The molecule has 0 radical (unpaired) electrons. The van der Waals surface area contributed by atoms with Gasteiger partial charge in [0.2, 0.25) is 0 Å². The maximum Gasteiger partial charge on any atom is 0.0462 e. The standard InChI is InChI=1S/C54H37NS/c1-4-12-38(13-5-1)40-20-22-42(23-21-40)43-28-32-47(33-29-43)55(46-16-8-3-9-17-46)48-34-30-45(31-35-48)51-37-54-52(49-18-10-11-19-53(49)56-54)36-50(51)44-26-24-41(25-27-44)39-14-6-2-7-15-39/h1-37H. The van der Waals surface area contributed by atoms with Crippen molar-refractivity contribution < 1.29 is 0 Å². The van der Waals surface area contributed by atoms with Crippen molar-refractivity contribution in [1.82, 2.24) is 0 Å². The molecule has 0 fully saturated rings. The first-order valence-corrected chi connectivity index (χ1v) is 19.9. The third-order valence-electron chi connectivity index (χ3n) is 10.7. The fraction of sp³-hybridized carbons (Fsp3) is 0. The van der Waals surface area contributed by atoms with E-state index in [-0.39, 0.29) is 0 Å². The normalized spacial score (nSPS) is 11.2. The SMILES string of the molecule is c1ccc(-c2ccc(-c3ccc(N(c4ccccc4)c4ccc(-c5cc6sc7ccccc7c6cc5-c5ccc(-c6ccccc6)cc5)cc4)cc3)cc2)cc1. The van der Waals surface area contributed by atoms with Crippen LogP contribution in [0.15, 0.2) is 224 Å². The van der Waals surface area contributed by atoms with Gasteiger partial charge in [0, 0.05) is 37.2 Å². The van der Waals surface area contributed by atoms with E-state index < -0.39 is 0 Å². The van der Waals surface area contributed by atoms with Gasteiger partial charge in [-0.05, 0) is 110 Å². The van der Waals surface area contributed by atoms with Crippen molar-refractivity contribution in [3.63, 3.8) is 0 Å². The molecule has 1 heterocycles. The van der Waals surface area contributed by atoms with Gasteiger partial charge in [0.25, 0.3) is 0 Å². The first kappa shape index (κ1) is 33.6. The molecule has 56 heavy (non-hydrogen) atoms. The van der Waals surface area contributed by atoms with E-state index in [9.17, 15) is 0 Å². The Hall–Kier alpha value is -7.00. The van der Waals surface area contributed by atoms with E-state index >= 15 is 0 Å². The topological polar surface area (TPSA) is 3.24 Å². The summed E-state index contributed by atoms with van der Waals surface area (Å²) in [6, 6.07) is 81.2. The predicted molar refractivity (Wildman–Crippen MR) is 241 cm³/mol. The van der Waals surface area contributed by atoms with Gasteiger partial charge in [-0.15, -0.1) is 11.3 Å². The van der Waals surface area contributed by atoms with Gasteiger partial charge < -0.3 is 4.90 Å². The van der Waals surface area contributed by atoms with E-state index in [2.05, 4.69) is 229 Å². The molecule has 2 heteroatoms. The molecule has 0 amide bonds. The number of thiophene rings is 1. The molecule has 264 valence electrons. The van der Waals surface area contributed by atoms with Crippen LogP contribution in [0.5, 0.6) is 0 Å². The van der Waals surface area contributed by atoms with Crippen molar-refractivity contribution in [2.24, 2.45) is 0 Å². The highest BCUT2D eigenvalue weighted by atomic mass is 32.1. The minimum atomic E-state index is 1.11. The maximum absolute atomic E-state index is 2.40. The number of para-hydroxylation sites is 1. The van der Waals surface area contributed by atoms with Crippen molar-refractivity contribution in [3.8, 4) is 55.6 Å². The average Bonchev–Trinajstić information content (AvgIpc) is 3.65. The molecule has 10 rings (SSSR count). The highest BCUT2D eigenvalue weighted by Gasteiger charge is 2.17. The molecule has 0 spiro atoms. The van der Waals surface area contributed by atoms with Gasteiger partial charge in [-0.3, -0.25) is 0 Å². The van der Waals surface area contributed by atoms with Crippen LogP contribution < -0.4 is 4.90 Å². The van der Waals surface area contributed by atoms with Gasteiger partial charge in [0.15, 0.2) is 0 Å². The van der Waals surface area contributed by atoms with E-state index in [1.54, 1.807) is 0 Å². The molecule has 0 atom stereocenters. The summed E-state index contributed by atoms with van der Waals surface area (Å²) in [5.74, 6) is 0. The van der Waals surface area contributed by atoms with E-state index in [4.69, 9.17) is 0 Å². The first-order chi connectivity index (χ1) is 27.7. The monoisotopic (exact) mass is 731 g/mol. The number of nitrogens with zero attached hydrogens (tertiary/aromatic N) is 1. The Morgan fingerprint density at radius 2 is 0.607 bits per heavy atom. The van der Waals surface area contributed by atoms with Gasteiger partial charge in [-0.1, -0.05) is 170 Å². The Labute approximate surface area is 332 Å². The lowest BCUT2D eigenvalue weighted by Gasteiger charge is -2.26. The quantitative estimate of drug-likeness (QED) is 0.150. The average molecular weight is 732 g/mol. The zero-order valence-corrected chi connectivity index (χ0v) is 31.5. The third kappa shape index (κ3) is 6.47. The van der Waals surface area contributed by atoms with E-state index in [0.717, 1.165) is 17.1 Å². The van der Waals surface area contributed by atoms with E-state index in [0.29, 0.717) is 0 Å². The lowest BCUT2D eigenvalue weighted by Crippen LogP contribution is -2.09. The summed E-state index contributed by atoms with van der Waals surface area (Å²) in [6.07, 6.45) is 0. The lowest BCUT2D eigenvalue weighted by molar-refractivity contribution is 1.28. The van der Waals surface area contributed by atoms with Crippen molar-refractivity contribution in [2.75, 3.05) is 4.90 Å². The van der Waals surface area contributed by atoms with Gasteiger partial charge in [-0.2, -0.15) is 0 Å². The van der Waals surface area contributed by atoms with Crippen LogP contribution >= 0.6 is 11.3 Å². The molecular weight excluding hydrogens is 695 g/mol. The zero-order valence-electron chi connectivity index (χ0n) is 30.7. The summed E-state index contributed by atoms with van der Waals surface area (Å²) in [6.45, 7) is 0. The Morgan fingerprint density at radius 3 is 1.12 bits per heavy atom. The maximum atomic E-state index is 2.40. The summed E-state index contributed by atoms with van der Waals surface area (Å²) in [4.78, 5) is 2.34. The van der Waals surface area contributed by atoms with Crippen LogP contribution in [0.4, 0.5) is 17.1 Å². The number of anilines is 3. The number of benzene rings is 9. The molecule has 0 aliphatic carbocycles. The van der Waals surface area contributed by atoms with E-state index in [1.807, 2.05) is 11.3 Å². The summed E-state index contributed by atoms with van der Waals surface area (Å²) in [5, 5.41) is 2.62. The largest absolute Gasteiger partial charge is 0.311 e. The molecule has 0 saturated heterocycles. The van der Waals surface area contributed by atoms with E-state index in [1.165, 1.54) is 75.8 Å². The highest BCUT2D eigenvalue weighted by Crippen LogP contribution is 2.43. The Kier molecular flexibility index (Phi) is 8.79. The van der Waals surface area contributed by atoms with Crippen molar-refractivity contribution in [1.29, 1.82) is 0 Å². The van der Waals surface area contributed by atoms with Crippen LogP contribution in [0.25, 0.3) is 75.8 Å². The molecule has 0 unspecified atom stereocenters. The molecule has 0 N–H and O–H groups in total. The first-order valence-electron chi connectivity index (χ1n) is 19.1. The summed E-state index contributed by atoms with van der Waals surface area (Å²) in [5.41, 5.74) is 15.5. The number of rotatable bonds is 8. The van der Waals surface area contributed by atoms with Crippen molar-refractivity contribution in [2.45, 2.75) is 0 Å². The summed E-state index contributed by atoms with van der Waals surface area (Å²) >= 11 is 1.87. The molecule has 1 aromatic heterocycles. The fourth-order valence-corrected chi connectivity index (χ4v) is 8.95. The minimum absolute atomic E-state index is 1.11. The molecule has 10 aromatic rings. The molecule has 1 nitrogen and oxygen atoms in total. The second-order valence-electron chi connectivity index (χ2n) is 14.1. The second kappa shape index (κ2) is 14.7. The van der Waals surface area contributed by atoms with Crippen LogP contribution in [0.3, 0.4) is 0 Å². The zero-order chi connectivity index (χ0) is 37.3. The minimum Gasteiger partial charge on any atom is -0.311 e. The van der Waals surface area contributed by atoms with Gasteiger partial charge >= 0.3 is 0 Å². The van der Waals surface area contributed by atoms with Gasteiger partial charge in [0.05, 0.1) is 0 Å². The smallest absolute Gasteiger partial charge is 0.0462 e. The van der Waals surface area contributed by atoms with Gasteiger partial charge in [-0.25, -0.2) is 0 Å². The Morgan fingerprint density at radius 1 is 0.250 bits per heavy atom. The number of fused-ring (bicyclic) bond motifs is 3. The van der Waals surface area contributed by atoms with Crippen LogP contribution in [-0.2, 0) is 0 Å². The molecule has 0 saturated carbocycles.